The smallest absolute Gasteiger partial charge is 0.371 e. The Labute approximate surface area is 133 Å². The summed E-state index contributed by atoms with van der Waals surface area (Å²) in [5.74, 6) is -1.45. The van der Waals surface area contributed by atoms with Crippen LogP contribution in [0.5, 0.6) is 5.75 Å². The lowest BCUT2D eigenvalue weighted by molar-refractivity contribution is 0.0660. The second-order valence-electron chi connectivity index (χ2n) is 5.44. The van der Waals surface area contributed by atoms with E-state index in [1.165, 1.54) is 12.1 Å². The summed E-state index contributed by atoms with van der Waals surface area (Å²) in [6, 6.07) is 9.76. The van der Waals surface area contributed by atoms with Gasteiger partial charge in [0.15, 0.2) is 5.76 Å². The quantitative estimate of drug-likeness (QED) is 0.880. The molecule has 23 heavy (non-hydrogen) atoms. The van der Waals surface area contributed by atoms with Gasteiger partial charge in [0.1, 0.15) is 5.75 Å². The van der Waals surface area contributed by atoms with Crippen LogP contribution in [0.2, 0.25) is 0 Å². The first kappa shape index (κ1) is 15.1. The van der Waals surface area contributed by atoms with Gasteiger partial charge < -0.3 is 19.6 Å². The number of anilines is 1. The Morgan fingerprint density at radius 3 is 2.48 bits per heavy atom. The van der Waals surface area contributed by atoms with Crippen LogP contribution in [-0.4, -0.2) is 23.1 Å². The van der Waals surface area contributed by atoms with E-state index in [4.69, 9.17) is 14.3 Å². The van der Waals surface area contributed by atoms with Crippen LogP contribution in [0, 0.1) is 0 Å². The Balaban J connectivity index is 1.73. The van der Waals surface area contributed by atoms with E-state index in [2.05, 4.69) is 5.32 Å². The van der Waals surface area contributed by atoms with Crippen molar-refractivity contribution in [2.75, 3.05) is 5.32 Å². The summed E-state index contributed by atoms with van der Waals surface area (Å²) in [5.41, 5.74) is 0.540. The fourth-order valence-electron chi connectivity index (χ4n) is 2.62. The molecule has 1 aromatic heterocycles. The number of ether oxygens (including phenoxy) is 1. The van der Waals surface area contributed by atoms with E-state index in [1.807, 2.05) is 6.07 Å². The monoisotopic (exact) mass is 315 g/mol. The summed E-state index contributed by atoms with van der Waals surface area (Å²) in [4.78, 5) is 23.0. The number of para-hydroxylation sites is 2. The van der Waals surface area contributed by atoms with Gasteiger partial charge in [0.05, 0.1) is 11.8 Å². The molecule has 0 spiro atoms. The Morgan fingerprint density at radius 2 is 1.78 bits per heavy atom. The fraction of sp³-hybridized carbons (Fsp3) is 0.294. The lowest BCUT2D eigenvalue weighted by Crippen LogP contribution is -2.15. The van der Waals surface area contributed by atoms with Crippen LogP contribution in [0.1, 0.15) is 46.8 Å². The number of benzene rings is 1. The van der Waals surface area contributed by atoms with E-state index in [0.29, 0.717) is 11.4 Å². The van der Waals surface area contributed by atoms with Crippen LogP contribution in [0.25, 0.3) is 0 Å². The molecule has 1 fully saturated rings. The molecule has 1 aliphatic carbocycles. The molecule has 1 heterocycles. The molecule has 0 atom stereocenters. The highest BCUT2D eigenvalue weighted by Crippen LogP contribution is 2.30. The lowest BCUT2D eigenvalue weighted by Gasteiger charge is -2.16. The van der Waals surface area contributed by atoms with E-state index >= 15 is 0 Å². The number of carbonyl (C=O) groups is 2. The van der Waals surface area contributed by atoms with Crippen molar-refractivity contribution in [3.8, 4) is 5.75 Å². The van der Waals surface area contributed by atoms with E-state index < -0.39 is 11.9 Å². The van der Waals surface area contributed by atoms with Crippen LogP contribution in [0.4, 0.5) is 5.69 Å². The van der Waals surface area contributed by atoms with Crippen molar-refractivity contribution in [2.24, 2.45) is 0 Å². The Morgan fingerprint density at radius 1 is 1.09 bits per heavy atom. The molecule has 0 radical (unpaired) electrons. The number of aromatic carboxylic acids is 1. The van der Waals surface area contributed by atoms with Gasteiger partial charge in [-0.15, -0.1) is 0 Å². The second kappa shape index (κ2) is 6.56. The molecule has 6 nitrogen and oxygen atoms in total. The number of nitrogens with one attached hydrogen (secondary N) is 1. The summed E-state index contributed by atoms with van der Waals surface area (Å²) in [5, 5.41) is 11.5. The fourth-order valence-corrected chi connectivity index (χ4v) is 2.62. The topological polar surface area (TPSA) is 88.8 Å². The van der Waals surface area contributed by atoms with Gasteiger partial charge in [-0.1, -0.05) is 12.1 Å². The summed E-state index contributed by atoms with van der Waals surface area (Å²) in [6.45, 7) is 0. The van der Waals surface area contributed by atoms with Crippen molar-refractivity contribution in [3.05, 3.63) is 47.9 Å². The van der Waals surface area contributed by atoms with Crippen LogP contribution in [-0.2, 0) is 0 Å². The predicted molar refractivity (Wildman–Crippen MR) is 82.9 cm³/mol. The molecule has 6 heteroatoms. The molecule has 1 amide bonds. The Bertz CT molecular complexity index is 715. The van der Waals surface area contributed by atoms with Gasteiger partial charge in [0.2, 0.25) is 5.76 Å². The zero-order valence-electron chi connectivity index (χ0n) is 12.5. The van der Waals surface area contributed by atoms with E-state index in [9.17, 15) is 9.59 Å². The van der Waals surface area contributed by atoms with Crippen LogP contribution >= 0.6 is 0 Å². The molecular formula is C17H17NO5. The molecule has 0 saturated heterocycles. The van der Waals surface area contributed by atoms with Gasteiger partial charge in [-0.05, 0) is 49.9 Å². The molecule has 1 aromatic carbocycles. The summed E-state index contributed by atoms with van der Waals surface area (Å²) in [6.07, 6.45) is 4.52. The third kappa shape index (κ3) is 3.53. The lowest BCUT2D eigenvalue weighted by atomic mass is 10.2. The number of hydrogen-bond donors (Lipinski definition) is 2. The number of amides is 1. The summed E-state index contributed by atoms with van der Waals surface area (Å²) < 4.78 is 10.9. The van der Waals surface area contributed by atoms with Crippen molar-refractivity contribution >= 4 is 17.6 Å². The minimum Gasteiger partial charge on any atom is -0.488 e. The number of carboxylic acids is 1. The van der Waals surface area contributed by atoms with E-state index in [0.717, 1.165) is 25.7 Å². The molecule has 1 saturated carbocycles. The summed E-state index contributed by atoms with van der Waals surface area (Å²) in [7, 11) is 0. The first-order valence-corrected chi connectivity index (χ1v) is 7.53. The molecule has 0 unspecified atom stereocenters. The highest BCUT2D eigenvalue weighted by Gasteiger charge is 2.20. The largest absolute Gasteiger partial charge is 0.488 e. The number of furan rings is 1. The van der Waals surface area contributed by atoms with E-state index in [-0.39, 0.29) is 17.6 Å². The number of hydrogen-bond acceptors (Lipinski definition) is 4. The molecule has 0 aliphatic heterocycles. The zero-order chi connectivity index (χ0) is 16.2. The Hall–Kier alpha value is -2.76. The van der Waals surface area contributed by atoms with Crippen LogP contribution < -0.4 is 10.1 Å². The number of rotatable bonds is 5. The van der Waals surface area contributed by atoms with Crippen molar-refractivity contribution in [1.29, 1.82) is 0 Å². The molecular weight excluding hydrogens is 298 g/mol. The third-order valence-electron chi connectivity index (χ3n) is 3.77. The van der Waals surface area contributed by atoms with Crippen molar-refractivity contribution in [1.82, 2.24) is 0 Å². The van der Waals surface area contributed by atoms with Gasteiger partial charge in [-0.3, -0.25) is 4.79 Å². The first-order valence-electron chi connectivity index (χ1n) is 7.53. The third-order valence-corrected chi connectivity index (χ3v) is 3.77. The minimum absolute atomic E-state index is 0.0573. The van der Waals surface area contributed by atoms with Crippen molar-refractivity contribution < 1.29 is 23.8 Å². The molecule has 0 bridgehead atoms. The van der Waals surface area contributed by atoms with Gasteiger partial charge in [0.25, 0.3) is 5.91 Å². The molecule has 2 aromatic rings. The number of carboxylic acid groups (broad SMARTS) is 1. The predicted octanol–water partition coefficient (Wildman–Crippen LogP) is 3.55. The van der Waals surface area contributed by atoms with Gasteiger partial charge in [0, 0.05) is 0 Å². The highest BCUT2D eigenvalue weighted by atomic mass is 16.5. The Kier molecular flexibility index (Phi) is 4.32. The summed E-state index contributed by atoms with van der Waals surface area (Å²) >= 11 is 0. The second-order valence-corrected chi connectivity index (χ2v) is 5.44. The standard InChI is InChI=1S/C17H17NO5/c19-16(14-9-10-15(23-14)17(20)21)18-12-7-3-4-8-13(12)22-11-5-1-2-6-11/h3-4,7-11H,1-2,5-6H2,(H,18,19)(H,20,21). The normalized spacial score (nSPS) is 14.6. The van der Waals surface area contributed by atoms with Crippen LogP contribution in [0.15, 0.2) is 40.8 Å². The average molecular weight is 315 g/mol. The molecule has 3 rings (SSSR count). The average Bonchev–Trinajstić information content (AvgIpc) is 3.20. The molecule has 1 aliphatic rings. The molecule has 120 valence electrons. The highest BCUT2D eigenvalue weighted by molar-refractivity contribution is 6.03. The minimum atomic E-state index is -1.21. The maximum absolute atomic E-state index is 12.2. The first-order chi connectivity index (χ1) is 11.1. The van der Waals surface area contributed by atoms with Gasteiger partial charge in [-0.2, -0.15) is 0 Å². The van der Waals surface area contributed by atoms with Gasteiger partial charge >= 0.3 is 5.97 Å². The van der Waals surface area contributed by atoms with Gasteiger partial charge in [-0.25, -0.2) is 4.79 Å². The van der Waals surface area contributed by atoms with Crippen molar-refractivity contribution in [3.63, 3.8) is 0 Å². The SMILES string of the molecule is O=C(O)c1ccc(C(=O)Nc2ccccc2OC2CCCC2)o1. The zero-order valence-corrected chi connectivity index (χ0v) is 12.5. The van der Waals surface area contributed by atoms with Crippen molar-refractivity contribution in [2.45, 2.75) is 31.8 Å². The maximum atomic E-state index is 12.2. The van der Waals surface area contributed by atoms with E-state index in [1.54, 1.807) is 18.2 Å². The molecule has 2 N–H and O–H groups in total. The van der Waals surface area contributed by atoms with Crippen LogP contribution in [0.3, 0.4) is 0 Å². The maximum Gasteiger partial charge on any atom is 0.371 e. The number of carbonyl (C=O) groups excluding carboxylic acids is 1.